The van der Waals surface area contributed by atoms with E-state index in [1.165, 1.54) is 6.42 Å². The van der Waals surface area contributed by atoms with Crippen LogP contribution in [0.25, 0.3) is 0 Å². The molecule has 28 heavy (non-hydrogen) atoms. The molecule has 0 radical (unpaired) electrons. The fourth-order valence-corrected chi connectivity index (χ4v) is 3.70. The van der Waals surface area contributed by atoms with E-state index in [0.717, 1.165) is 75.8 Å². The smallest absolute Gasteiger partial charge is 0.308 e. The van der Waals surface area contributed by atoms with Crippen molar-refractivity contribution in [2.45, 2.75) is 85.5 Å². The highest BCUT2D eigenvalue weighted by Crippen LogP contribution is 2.25. The normalized spacial score (nSPS) is 14.1. The maximum absolute atomic E-state index is 12.1. The number of nitrogens with zero attached hydrogens (tertiary/aromatic N) is 2. The maximum atomic E-state index is 12.1. The van der Waals surface area contributed by atoms with Crippen molar-refractivity contribution >= 4 is 17.5 Å². The summed E-state index contributed by atoms with van der Waals surface area (Å²) in [4.78, 5) is 18.9. The minimum atomic E-state index is -0.0111. The summed E-state index contributed by atoms with van der Waals surface area (Å²) in [6, 6.07) is 4.09. The highest BCUT2D eigenvalue weighted by Gasteiger charge is 2.22. The van der Waals surface area contributed by atoms with Crippen LogP contribution in [0.4, 0.5) is 11.5 Å². The van der Waals surface area contributed by atoms with E-state index in [4.69, 9.17) is 10.5 Å². The Morgan fingerprint density at radius 2 is 1.79 bits per heavy atom. The van der Waals surface area contributed by atoms with Gasteiger partial charge < -0.3 is 15.4 Å². The monoisotopic (exact) mass is 391 g/mol. The van der Waals surface area contributed by atoms with Crippen LogP contribution in [0.1, 0.15) is 84.8 Å². The SMILES string of the molecule is CC.CCCN(CCC)c1cc(N)nc(CCCOC(=O)C2CCCCC2)c1. The van der Waals surface area contributed by atoms with Gasteiger partial charge in [0.1, 0.15) is 5.82 Å². The number of rotatable bonds is 10. The maximum Gasteiger partial charge on any atom is 0.308 e. The van der Waals surface area contributed by atoms with E-state index >= 15 is 0 Å². The summed E-state index contributed by atoms with van der Waals surface area (Å²) >= 11 is 0. The third kappa shape index (κ3) is 8.49. The zero-order valence-electron chi connectivity index (χ0n) is 18.5. The van der Waals surface area contributed by atoms with Crippen LogP contribution in [0.3, 0.4) is 0 Å². The Balaban J connectivity index is 0.00000190. The van der Waals surface area contributed by atoms with Gasteiger partial charge in [0.05, 0.1) is 12.5 Å². The molecule has 0 bridgehead atoms. The minimum Gasteiger partial charge on any atom is -0.465 e. The van der Waals surface area contributed by atoms with Crippen molar-refractivity contribution < 1.29 is 9.53 Å². The van der Waals surface area contributed by atoms with Gasteiger partial charge in [-0.2, -0.15) is 0 Å². The second kappa shape index (κ2) is 14.3. The average molecular weight is 392 g/mol. The fraction of sp³-hybridized carbons (Fsp3) is 0.739. The lowest BCUT2D eigenvalue weighted by Crippen LogP contribution is -2.25. The molecule has 1 saturated carbocycles. The lowest BCUT2D eigenvalue weighted by Gasteiger charge is -2.24. The van der Waals surface area contributed by atoms with Crippen LogP contribution >= 0.6 is 0 Å². The van der Waals surface area contributed by atoms with E-state index in [-0.39, 0.29) is 11.9 Å². The number of hydrogen-bond acceptors (Lipinski definition) is 5. The molecule has 5 heteroatoms. The number of nitrogens with two attached hydrogens (primary N) is 1. The molecule has 2 N–H and O–H groups in total. The zero-order chi connectivity index (χ0) is 20.8. The Morgan fingerprint density at radius 1 is 1.14 bits per heavy atom. The number of anilines is 2. The Labute approximate surface area is 172 Å². The topological polar surface area (TPSA) is 68.4 Å². The third-order valence-electron chi connectivity index (χ3n) is 5.00. The van der Waals surface area contributed by atoms with E-state index in [0.29, 0.717) is 12.4 Å². The Hall–Kier alpha value is -1.78. The first-order valence-electron chi connectivity index (χ1n) is 11.3. The molecule has 5 nitrogen and oxygen atoms in total. The predicted octanol–water partition coefficient (Wildman–Crippen LogP) is 5.37. The second-order valence-corrected chi connectivity index (χ2v) is 7.33. The quantitative estimate of drug-likeness (QED) is 0.429. The molecule has 1 aromatic rings. The molecule has 160 valence electrons. The molecular formula is C23H41N3O2. The average Bonchev–Trinajstić information content (AvgIpc) is 2.72. The number of aryl methyl sites for hydroxylation is 1. The van der Waals surface area contributed by atoms with Crippen LogP contribution in [0.5, 0.6) is 0 Å². The summed E-state index contributed by atoms with van der Waals surface area (Å²) in [5.41, 5.74) is 8.14. The van der Waals surface area contributed by atoms with E-state index in [1.807, 2.05) is 19.9 Å². The summed E-state index contributed by atoms with van der Waals surface area (Å²) < 4.78 is 5.48. The Bertz CT molecular complexity index is 551. The highest BCUT2D eigenvalue weighted by molar-refractivity contribution is 5.72. The minimum absolute atomic E-state index is 0.0111. The van der Waals surface area contributed by atoms with Crippen LogP contribution in [0, 0.1) is 5.92 Å². The zero-order valence-corrected chi connectivity index (χ0v) is 18.5. The van der Waals surface area contributed by atoms with Crippen molar-refractivity contribution in [2.75, 3.05) is 30.3 Å². The Kier molecular flexibility index (Phi) is 12.3. The van der Waals surface area contributed by atoms with Gasteiger partial charge in [-0.05, 0) is 44.6 Å². The van der Waals surface area contributed by atoms with Crippen molar-refractivity contribution in [1.29, 1.82) is 0 Å². The van der Waals surface area contributed by atoms with Crippen LogP contribution in [-0.4, -0.2) is 30.6 Å². The summed E-state index contributed by atoms with van der Waals surface area (Å²) in [6.45, 7) is 10.9. The molecule has 0 aromatic carbocycles. The molecule has 1 aliphatic carbocycles. The van der Waals surface area contributed by atoms with Crippen LogP contribution in [0.15, 0.2) is 12.1 Å². The van der Waals surface area contributed by atoms with Gasteiger partial charge in [-0.25, -0.2) is 4.98 Å². The molecule has 1 heterocycles. The predicted molar refractivity (Wildman–Crippen MR) is 119 cm³/mol. The van der Waals surface area contributed by atoms with Crippen molar-refractivity contribution in [1.82, 2.24) is 4.98 Å². The summed E-state index contributed by atoms with van der Waals surface area (Å²) in [6.07, 6.45) is 9.32. The van der Waals surface area contributed by atoms with Gasteiger partial charge >= 0.3 is 5.97 Å². The molecule has 0 atom stereocenters. The fourth-order valence-electron chi connectivity index (χ4n) is 3.70. The number of pyridine rings is 1. The van der Waals surface area contributed by atoms with E-state index in [9.17, 15) is 4.79 Å². The molecule has 1 aromatic heterocycles. The lowest BCUT2D eigenvalue weighted by atomic mass is 9.89. The molecule has 0 saturated heterocycles. The van der Waals surface area contributed by atoms with E-state index in [1.54, 1.807) is 0 Å². The standard InChI is InChI=1S/C21H35N3O2.C2H6/c1-3-12-24(13-4-2)19-15-18(23-20(22)16-19)11-8-14-26-21(25)17-9-6-5-7-10-17;1-2/h15-17H,3-14H2,1-2H3,(H2,22,23);1-2H3. The van der Waals surface area contributed by atoms with Gasteiger partial charge in [0, 0.05) is 30.5 Å². The van der Waals surface area contributed by atoms with Gasteiger partial charge in [-0.3, -0.25) is 4.79 Å². The first-order chi connectivity index (χ1) is 13.6. The summed E-state index contributed by atoms with van der Waals surface area (Å²) in [5, 5.41) is 0. The molecule has 1 fully saturated rings. The number of esters is 1. The number of ether oxygens (including phenoxy) is 1. The second-order valence-electron chi connectivity index (χ2n) is 7.33. The molecule has 0 spiro atoms. The number of carbonyl (C=O) groups excluding carboxylic acids is 1. The van der Waals surface area contributed by atoms with Crippen LogP contribution in [0.2, 0.25) is 0 Å². The van der Waals surface area contributed by atoms with Gasteiger partial charge in [0.15, 0.2) is 0 Å². The van der Waals surface area contributed by atoms with Crippen molar-refractivity contribution in [3.63, 3.8) is 0 Å². The molecule has 2 rings (SSSR count). The van der Waals surface area contributed by atoms with Crippen molar-refractivity contribution in [3.8, 4) is 0 Å². The Morgan fingerprint density at radius 3 is 2.39 bits per heavy atom. The summed E-state index contributed by atoms with van der Waals surface area (Å²) in [7, 11) is 0. The molecule has 0 amide bonds. The van der Waals surface area contributed by atoms with Gasteiger partial charge in [0.25, 0.3) is 0 Å². The summed E-state index contributed by atoms with van der Waals surface area (Å²) in [5.74, 6) is 0.675. The lowest BCUT2D eigenvalue weighted by molar-refractivity contribution is -0.149. The van der Waals surface area contributed by atoms with Crippen molar-refractivity contribution in [3.05, 3.63) is 17.8 Å². The molecule has 1 aliphatic rings. The first-order valence-corrected chi connectivity index (χ1v) is 11.3. The first kappa shape index (κ1) is 24.3. The van der Waals surface area contributed by atoms with Gasteiger partial charge in [-0.15, -0.1) is 0 Å². The van der Waals surface area contributed by atoms with Crippen LogP contribution < -0.4 is 10.6 Å². The van der Waals surface area contributed by atoms with Crippen molar-refractivity contribution in [2.24, 2.45) is 5.92 Å². The number of nitrogen functional groups attached to an aromatic ring is 1. The van der Waals surface area contributed by atoms with Gasteiger partial charge in [0.2, 0.25) is 0 Å². The highest BCUT2D eigenvalue weighted by atomic mass is 16.5. The number of aromatic nitrogens is 1. The van der Waals surface area contributed by atoms with E-state index < -0.39 is 0 Å². The third-order valence-corrected chi connectivity index (χ3v) is 5.00. The molecule has 0 unspecified atom stereocenters. The van der Waals surface area contributed by atoms with Crippen LogP contribution in [-0.2, 0) is 16.0 Å². The van der Waals surface area contributed by atoms with E-state index in [2.05, 4.69) is 29.8 Å². The number of carbonyl (C=O) groups is 1. The number of hydrogen-bond donors (Lipinski definition) is 1. The largest absolute Gasteiger partial charge is 0.465 e. The molecule has 0 aliphatic heterocycles. The molecular weight excluding hydrogens is 350 g/mol. The van der Waals surface area contributed by atoms with Gasteiger partial charge in [-0.1, -0.05) is 47.0 Å².